The second-order valence-corrected chi connectivity index (χ2v) is 4.32. The molecule has 0 saturated heterocycles. The molecule has 0 aromatic heterocycles. The summed E-state index contributed by atoms with van der Waals surface area (Å²) in [4.78, 5) is 0. The summed E-state index contributed by atoms with van der Waals surface area (Å²) in [7, 11) is 1.59. The molecule has 3 nitrogen and oxygen atoms in total. The molecule has 0 aliphatic rings. The average Bonchev–Trinajstić information content (AvgIpc) is 2.30. The Morgan fingerprint density at radius 3 is 2.75 bits per heavy atom. The molecule has 3 N–H and O–H groups in total. The Labute approximate surface area is 103 Å². The number of nitrogens with one attached hydrogen (secondary N) is 1. The first-order chi connectivity index (χ1) is 7.65. The molecule has 2 unspecified atom stereocenters. The van der Waals surface area contributed by atoms with E-state index in [-0.39, 0.29) is 18.0 Å². The lowest BCUT2D eigenvalue weighted by Gasteiger charge is -2.25. The van der Waals surface area contributed by atoms with Crippen molar-refractivity contribution < 1.29 is 9.13 Å². The number of hydrazine groups is 1. The first-order valence-electron chi connectivity index (χ1n) is 5.08. The molecule has 0 amide bonds. The van der Waals surface area contributed by atoms with E-state index in [4.69, 9.17) is 10.6 Å². The van der Waals surface area contributed by atoms with Gasteiger partial charge in [0.25, 0.3) is 0 Å². The van der Waals surface area contributed by atoms with Crippen LogP contribution in [-0.2, 0) is 4.74 Å². The zero-order valence-electron chi connectivity index (χ0n) is 9.34. The largest absolute Gasteiger partial charge is 0.379 e. The quantitative estimate of drug-likeness (QED) is 0.647. The summed E-state index contributed by atoms with van der Waals surface area (Å²) in [6, 6.07) is 4.77. The summed E-state index contributed by atoms with van der Waals surface area (Å²) < 4.78 is 19.6. The maximum atomic E-state index is 13.9. The minimum absolute atomic E-state index is 0.159. The van der Waals surface area contributed by atoms with Crippen LogP contribution in [0.3, 0.4) is 0 Å². The van der Waals surface area contributed by atoms with E-state index < -0.39 is 0 Å². The number of nitrogens with two attached hydrogens (primary N) is 1. The van der Waals surface area contributed by atoms with Crippen molar-refractivity contribution in [3.63, 3.8) is 0 Å². The van der Waals surface area contributed by atoms with Crippen LogP contribution in [0.5, 0.6) is 0 Å². The van der Waals surface area contributed by atoms with Crippen LogP contribution in [0.4, 0.5) is 4.39 Å². The summed E-state index contributed by atoms with van der Waals surface area (Å²) in [6.45, 7) is 1.97. The summed E-state index contributed by atoms with van der Waals surface area (Å²) in [5, 5.41) is 0. The average molecular weight is 291 g/mol. The van der Waals surface area contributed by atoms with Crippen LogP contribution in [-0.4, -0.2) is 13.2 Å². The molecule has 1 aromatic carbocycles. The highest BCUT2D eigenvalue weighted by Gasteiger charge is 2.23. The number of halogens is 2. The maximum absolute atomic E-state index is 13.9. The molecule has 0 radical (unpaired) electrons. The number of ether oxygens (including phenoxy) is 1. The van der Waals surface area contributed by atoms with E-state index in [0.717, 1.165) is 6.42 Å². The molecule has 16 heavy (non-hydrogen) atoms. The Morgan fingerprint density at radius 1 is 1.56 bits per heavy atom. The van der Waals surface area contributed by atoms with Crippen molar-refractivity contribution >= 4 is 15.9 Å². The SMILES string of the molecule is CCC(OC)C(NN)c1cccc(Br)c1F. The van der Waals surface area contributed by atoms with Crippen LogP contribution in [0.15, 0.2) is 22.7 Å². The minimum atomic E-state index is -0.354. The van der Waals surface area contributed by atoms with Gasteiger partial charge in [0.05, 0.1) is 16.6 Å². The fourth-order valence-corrected chi connectivity index (χ4v) is 2.08. The molecule has 2 atom stereocenters. The summed E-state index contributed by atoms with van der Waals surface area (Å²) in [5.74, 6) is 5.16. The van der Waals surface area contributed by atoms with E-state index in [1.54, 1.807) is 25.3 Å². The van der Waals surface area contributed by atoms with Crippen LogP contribution in [0.1, 0.15) is 24.9 Å². The van der Waals surface area contributed by atoms with Gasteiger partial charge in [-0.25, -0.2) is 4.39 Å². The van der Waals surface area contributed by atoms with Crippen molar-refractivity contribution in [1.29, 1.82) is 0 Å². The normalized spacial score (nSPS) is 14.8. The van der Waals surface area contributed by atoms with Crippen LogP contribution in [0.25, 0.3) is 0 Å². The molecule has 90 valence electrons. The van der Waals surface area contributed by atoms with Gasteiger partial charge < -0.3 is 4.74 Å². The Bertz CT molecular complexity index is 345. The number of methoxy groups -OCH3 is 1. The summed E-state index contributed by atoms with van der Waals surface area (Å²) >= 11 is 3.15. The third-order valence-electron chi connectivity index (χ3n) is 2.57. The molecular weight excluding hydrogens is 275 g/mol. The molecule has 0 aliphatic carbocycles. The van der Waals surface area contributed by atoms with Gasteiger partial charge in [-0.3, -0.25) is 11.3 Å². The topological polar surface area (TPSA) is 47.3 Å². The third-order valence-corrected chi connectivity index (χ3v) is 3.19. The van der Waals surface area contributed by atoms with Crippen LogP contribution >= 0.6 is 15.9 Å². The number of benzene rings is 1. The Hall–Kier alpha value is -0.490. The zero-order valence-corrected chi connectivity index (χ0v) is 10.9. The lowest BCUT2D eigenvalue weighted by atomic mass is 9.99. The van der Waals surface area contributed by atoms with Gasteiger partial charge in [0.15, 0.2) is 0 Å². The van der Waals surface area contributed by atoms with E-state index >= 15 is 0 Å². The maximum Gasteiger partial charge on any atom is 0.142 e. The fraction of sp³-hybridized carbons (Fsp3) is 0.455. The van der Waals surface area contributed by atoms with Gasteiger partial charge in [-0.1, -0.05) is 19.1 Å². The zero-order chi connectivity index (χ0) is 12.1. The van der Waals surface area contributed by atoms with Gasteiger partial charge >= 0.3 is 0 Å². The smallest absolute Gasteiger partial charge is 0.142 e. The van der Waals surface area contributed by atoms with Crippen LogP contribution in [0, 0.1) is 5.82 Å². The lowest BCUT2D eigenvalue weighted by molar-refractivity contribution is 0.0639. The van der Waals surface area contributed by atoms with Crippen molar-refractivity contribution in [1.82, 2.24) is 5.43 Å². The van der Waals surface area contributed by atoms with Crippen molar-refractivity contribution in [2.24, 2.45) is 5.84 Å². The summed E-state index contributed by atoms with van der Waals surface area (Å²) in [5.41, 5.74) is 3.11. The second kappa shape index (κ2) is 6.30. The summed E-state index contributed by atoms with van der Waals surface area (Å²) in [6.07, 6.45) is 0.589. The molecule has 1 aromatic rings. The molecule has 0 heterocycles. The van der Waals surface area contributed by atoms with Crippen molar-refractivity contribution in [3.8, 4) is 0 Å². The standard InChI is InChI=1S/C11H16BrFN2O/c1-3-9(16-2)11(15-14)7-5-4-6-8(12)10(7)13/h4-6,9,11,15H,3,14H2,1-2H3. The van der Waals surface area contributed by atoms with Gasteiger partial charge in [-0.05, 0) is 28.4 Å². The monoisotopic (exact) mass is 290 g/mol. The molecule has 0 aliphatic heterocycles. The lowest BCUT2D eigenvalue weighted by Crippen LogP contribution is -2.37. The van der Waals surface area contributed by atoms with E-state index in [1.807, 2.05) is 6.92 Å². The van der Waals surface area contributed by atoms with Crippen LogP contribution in [0.2, 0.25) is 0 Å². The van der Waals surface area contributed by atoms with Gasteiger partial charge in [0.2, 0.25) is 0 Å². The fourth-order valence-electron chi connectivity index (χ4n) is 1.70. The molecule has 5 heteroatoms. The Balaban J connectivity index is 3.07. The first-order valence-corrected chi connectivity index (χ1v) is 5.87. The molecule has 0 saturated carbocycles. The Morgan fingerprint density at radius 2 is 2.25 bits per heavy atom. The van der Waals surface area contributed by atoms with Crippen LogP contribution < -0.4 is 11.3 Å². The second-order valence-electron chi connectivity index (χ2n) is 3.47. The van der Waals surface area contributed by atoms with Gasteiger partial charge in [-0.15, -0.1) is 0 Å². The highest BCUT2D eigenvalue weighted by Crippen LogP contribution is 2.27. The molecule has 0 spiro atoms. The van der Waals surface area contributed by atoms with Crippen molar-refractivity contribution in [2.45, 2.75) is 25.5 Å². The number of hydrogen-bond donors (Lipinski definition) is 2. The van der Waals surface area contributed by atoms with E-state index in [1.165, 1.54) is 0 Å². The highest BCUT2D eigenvalue weighted by molar-refractivity contribution is 9.10. The molecule has 0 bridgehead atoms. The predicted octanol–water partition coefficient (Wildman–Crippen LogP) is 2.52. The highest BCUT2D eigenvalue weighted by atomic mass is 79.9. The van der Waals surface area contributed by atoms with E-state index in [0.29, 0.717) is 10.0 Å². The van der Waals surface area contributed by atoms with Crippen molar-refractivity contribution in [3.05, 3.63) is 34.1 Å². The minimum Gasteiger partial charge on any atom is -0.379 e. The predicted molar refractivity (Wildman–Crippen MR) is 65.3 cm³/mol. The molecule has 1 rings (SSSR count). The Kier molecular flexibility index (Phi) is 5.34. The third kappa shape index (κ3) is 2.79. The van der Waals surface area contributed by atoms with Gasteiger partial charge in [0.1, 0.15) is 5.82 Å². The van der Waals surface area contributed by atoms with Gasteiger partial charge in [-0.2, -0.15) is 0 Å². The van der Waals surface area contributed by atoms with Crippen molar-refractivity contribution in [2.75, 3.05) is 7.11 Å². The number of hydrogen-bond acceptors (Lipinski definition) is 3. The van der Waals surface area contributed by atoms with Gasteiger partial charge in [0, 0.05) is 12.7 Å². The first kappa shape index (κ1) is 13.6. The number of rotatable bonds is 5. The van der Waals surface area contributed by atoms with E-state index in [2.05, 4.69) is 21.4 Å². The van der Waals surface area contributed by atoms with E-state index in [9.17, 15) is 4.39 Å². The molecular formula is C11H16BrFN2O. The molecule has 0 fully saturated rings.